The first kappa shape index (κ1) is 12.1. The van der Waals surface area contributed by atoms with Crippen LogP contribution in [-0.2, 0) is 6.54 Å². The first-order valence-corrected chi connectivity index (χ1v) is 7.49. The Hall–Kier alpha value is -0.990. The highest BCUT2D eigenvalue weighted by atomic mass is 15.2. The zero-order valence-corrected chi connectivity index (χ0v) is 11.6. The van der Waals surface area contributed by atoms with Gasteiger partial charge in [-0.15, -0.1) is 0 Å². The number of nitrogens with zero attached hydrogens (tertiary/aromatic N) is 2. The molecule has 100 valence electrons. The van der Waals surface area contributed by atoms with Crippen molar-refractivity contribution in [3.8, 4) is 0 Å². The highest BCUT2D eigenvalue weighted by Gasteiger charge is 2.41. The van der Waals surface area contributed by atoms with E-state index in [0.29, 0.717) is 5.92 Å². The summed E-state index contributed by atoms with van der Waals surface area (Å²) in [6, 6.07) is 0. The fraction of sp³-hybridized carbons (Fsp3) is 0.800. The summed E-state index contributed by atoms with van der Waals surface area (Å²) in [5.74, 6) is 4.67. The molecule has 0 unspecified atom stereocenters. The molecule has 0 amide bonds. The lowest BCUT2D eigenvalue weighted by atomic mass is 9.98. The molecule has 2 aliphatic rings. The average molecular weight is 247 g/mol. The lowest BCUT2D eigenvalue weighted by Gasteiger charge is -2.18. The molecule has 0 spiro atoms. The largest absolute Gasteiger partial charge is 0.355 e. The van der Waals surface area contributed by atoms with Crippen LogP contribution >= 0.6 is 0 Å². The van der Waals surface area contributed by atoms with E-state index in [2.05, 4.69) is 34.9 Å². The predicted molar refractivity (Wildman–Crippen MR) is 74.5 cm³/mol. The number of anilines is 1. The third-order valence-electron chi connectivity index (χ3n) is 4.25. The van der Waals surface area contributed by atoms with E-state index in [1.54, 1.807) is 0 Å². The van der Waals surface area contributed by atoms with Crippen molar-refractivity contribution in [1.29, 1.82) is 0 Å². The van der Waals surface area contributed by atoms with Crippen molar-refractivity contribution in [3.63, 3.8) is 0 Å². The molecule has 18 heavy (non-hydrogen) atoms. The summed E-state index contributed by atoms with van der Waals surface area (Å²) < 4.78 is 2.34. The van der Waals surface area contributed by atoms with Crippen molar-refractivity contribution in [1.82, 2.24) is 9.55 Å². The number of nitrogens with one attached hydrogen (secondary N) is 1. The molecule has 3 nitrogen and oxygen atoms in total. The van der Waals surface area contributed by atoms with E-state index >= 15 is 0 Å². The Morgan fingerprint density at radius 3 is 2.50 bits per heavy atom. The Labute approximate surface area is 110 Å². The minimum atomic E-state index is 0.665. The van der Waals surface area contributed by atoms with E-state index in [1.165, 1.54) is 32.2 Å². The second kappa shape index (κ2) is 4.94. The molecule has 0 radical (unpaired) electrons. The van der Waals surface area contributed by atoms with Crippen molar-refractivity contribution >= 4 is 5.95 Å². The van der Waals surface area contributed by atoms with Gasteiger partial charge in [0.25, 0.3) is 0 Å². The van der Waals surface area contributed by atoms with E-state index in [0.717, 1.165) is 30.2 Å². The summed E-state index contributed by atoms with van der Waals surface area (Å²) in [6.07, 6.45) is 9.92. The lowest BCUT2D eigenvalue weighted by molar-refractivity contribution is 0.350. The zero-order valence-electron chi connectivity index (χ0n) is 11.6. The van der Waals surface area contributed by atoms with Crippen LogP contribution in [0, 0.1) is 23.7 Å². The molecule has 0 atom stereocenters. The van der Waals surface area contributed by atoms with Crippen LogP contribution < -0.4 is 5.32 Å². The fourth-order valence-corrected chi connectivity index (χ4v) is 2.88. The average Bonchev–Trinajstić information content (AvgIpc) is 3.23. The fourth-order valence-electron chi connectivity index (χ4n) is 2.88. The topological polar surface area (TPSA) is 29.9 Å². The maximum absolute atomic E-state index is 4.45. The SMILES string of the molecule is CC(C)CNc1nccn1CC(C1CC1)C1CC1. The molecule has 1 heterocycles. The molecule has 1 aromatic heterocycles. The molecule has 2 saturated carbocycles. The van der Waals surface area contributed by atoms with Gasteiger partial charge in [-0.3, -0.25) is 0 Å². The van der Waals surface area contributed by atoms with E-state index < -0.39 is 0 Å². The molecule has 0 bridgehead atoms. The van der Waals surface area contributed by atoms with Crippen LogP contribution in [0.15, 0.2) is 12.4 Å². The van der Waals surface area contributed by atoms with E-state index in [1.807, 2.05) is 6.20 Å². The van der Waals surface area contributed by atoms with E-state index in [4.69, 9.17) is 0 Å². The normalized spacial score (nSPS) is 19.8. The summed E-state index contributed by atoms with van der Waals surface area (Å²) in [7, 11) is 0. The van der Waals surface area contributed by atoms with Gasteiger partial charge in [-0.1, -0.05) is 13.8 Å². The van der Waals surface area contributed by atoms with Crippen molar-refractivity contribution < 1.29 is 0 Å². The molecule has 0 aliphatic heterocycles. The monoisotopic (exact) mass is 247 g/mol. The van der Waals surface area contributed by atoms with Gasteiger partial charge in [-0.05, 0) is 49.4 Å². The summed E-state index contributed by atoms with van der Waals surface area (Å²) in [6.45, 7) is 6.65. The summed E-state index contributed by atoms with van der Waals surface area (Å²) >= 11 is 0. The van der Waals surface area contributed by atoms with Crippen LogP contribution in [0.1, 0.15) is 39.5 Å². The molecule has 3 rings (SSSR count). The number of rotatable bonds is 7. The predicted octanol–water partition coefficient (Wildman–Crippen LogP) is 3.39. The van der Waals surface area contributed by atoms with Gasteiger partial charge in [0.05, 0.1) is 0 Å². The van der Waals surface area contributed by atoms with Gasteiger partial charge >= 0.3 is 0 Å². The first-order valence-electron chi connectivity index (χ1n) is 7.49. The third kappa shape index (κ3) is 2.88. The maximum Gasteiger partial charge on any atom is 0.202 e. The van der Waals surface area contributed by atoms with Crippen molar-refractivity contribution in [3.05, 3.63) is 12.4 Å². The van der Waals surface area contributed by atoms with Crippen LogP contribution in [0.4, 0.5) is 5.95 Å². The standard InChI is InChI=1S/C15H25N3/c1-11(2)9-17-15-16-7-8-18(15)10-14(12-3-4-12)13-5-6-13/h7-8,11-14H,3-6,9-10H2,1-2H3,(H,16,17). The van der Waals surface area contributed by atoms with Gasteiger partial charge in [0.2, 0.25) is 5.95 Å². The second-order valence-electron chi connectivity index (χ2n) is 6.52. The second-order valence-corrected chi connectivity index (χ2v) is 6.52. The highest BCUT2D eigenvalue weighted by Crippen LogP contribution is 2.50. The van der Waals surface area contributed by atoms with Gasteiger partial charge in [-0.2, -0.15) is 0 Å². The van der Waals surface area contributed by atoms with E-state index in [9.17, 15) is 0 Å². The number of hydrogen-bond acceptors (Lipinski definition) is 2. The molecule has 3 heteroatoms. The van der Waals surface area contributed by atoms with E-state index in [-0.39, 0.29) is 0 Å². The van der Waals surface area contributed by atoms with Gasteiger partial charge in [0.15, 0.2) is 0 Å². The molecule has 1 N–H and O–H groups in total. The van der Waals surface area contributed by atoms with Gasteiger partial charge in [0.1, 0.15) is 0 Å². The number of imidazole rings is 1. The van der Waals surface area contributed by atoms with Crippen molar-refractivity contribution in [2.75, 3.05) is 11.9 Å². The third-order valence-corrected chi connectivity index (χ3v) is 4.25. The molecule has 1 aromatic rings. The molecule has 2 fully saturated rings. The minimum absolute atomic E-state index is 0.665. The zero-order chi connectivity index (χ0) is 12.5. The Balaban J connectivity index is 1.62. The van der Waals surface area contributed by atoms with Crippen LogP contribution in [-0.4, -0.2) is 16.1 Å². The van der Waals surface area contributed by atoms with Crippen LogP contribution in [0.25, 0.3) is 0 Å². The van der Waals surface area contributed by atoms with Gasteiger partial charge < -0.3 is 9.88 Å². The summed E-state index contributed by atoms with van der Waals surface area (Å²) in [5, 5.41) is 3.47. The highest BCUT2D eigenvalue weighted by molar-refractivity contribution is 5.25. The Kier molecular flexibility index (Phi) is 3.31. The molecule has 0 aromatic carbocycles. The molecular weight excluding hydrogens is 222 g/mol. The van der Waals surface area contributed by atoms with Crippen LogP contribution in [0.3, 0.4) is 0 Å². The number of aromatic nitrogens is 2. The first-order chi connectivity index (χ1) is 8.74. The maximum atomic E-state index is 4.45. The Morgan fingerprint density at radius 2 is 1.94 bits per heavy atom. The van der Waals surface area contributed by atoms with Gasteiger partial charge in [-0.25, -0.2) is 4.98 Å². The smallest absolute Gasteiger partial charge is 0.202 e. The Bertz CT molecular complexity index is 376. The van der Waals surface area contributed by atoms with Gasteiger partial charge in [0, 0.05) is 25.5 Å². The molecular formula is C15H25N3. The van der Waals surface area contributed by atoms with Crippen LogP contribution in [0.5, 0.6) is 0 Å². The quantitative estimate of drug-likeness (QED) is 0.800. The lowest BCUT2D eigenvalue weighted by Crippen LogP contribution is -2.18. The van der Waals surface area contributed by atoms with Crippen molar-refractivity contribution in [2.24, 2.45) is 23.7 Å². The molecule has 2 aliphatic carbocycles. The summed E-state index contributed by atoms with van der Waals surface area (Å²) in [4.78, 5) is 4.45. The minimum Gasteiger partial charge on any atom is -0.355 e. The van der Waals surface area contributed by atoms with Crippen molar-refractivity contribution in [2.45, 2.75) is 46.1 Å². The number of hydrogen-bond donors (Lipinski definition) is 1. The molecule has 0 saturated heterocycles. The van der Waals surface area contributed by atoms with Crippen LogP contribution in [0.2, 0.25) is 0 Å². The summed E-state index contributed by atoms with van der Waals surface area (Å²) in [5.41, 5.74) is 0. The Morgan fingerprint density at radius 1 is 1.28 bits per heavy atom.